The lowest BCUT2D eigenvalue weighted by Crippen LogP contribution is -2.27. The van der Waals surface area contributed by atoms with Crippen LogP contribution in [0.3, 0.4) is 0 Å². The molecule has 30 heavy (non-hydrogen) atoms. The minimum absolute atomic E-state index is 0.0881. The van der Waals surface area contributed by atoms with Gasteiger partial charge >= 0.3 is 0 Å². The molecule has 3 rings (SSSR count). The quantitative estimate of drug-likeness (QED) is 0.500. The van der Waals surface area contributed by atoms with Crippen LogP contribution in [0.2, 0.25) is 0 Å². The van der Waals surface area contributed by atoms with Crippen LogP contribution in [0.15, 0.2) is 52.9 Å². The summed E-state index contributed by atoms with van der Waals surface area (Å²) in [5.41, 5.74) is 2.76. The van der Waals surface area contributed by atoms with Crippen molar-refractivity contribution >= 4 is 17.7 Å². The lowest BCUT2D eigenvalue weighted by molar-refractivity contribution is -0.127. The van der Waals surface area contributed by atoms with E-state index in [9.17, 15) is 4.79 Å². The van der Waals surface area contributed by atoms with Crippen molar-refractivity contribution in [2.45, 2.75) is 19.2 Å². The zero-order chi connectivity index (χ0) is 21.5. The molecule has 0 N–H and O–H groups in total. The van der Waals surface area contributed by atoms with Gasteiger partial charge in [0, 0.05) is 24.9 Å². The van der Waals surface area contributed by atoms with Gasteiger partial charge in [0.2, 0.25) is 11.8 Å². The van der Waals surface area contributed by atoms with Crippen LogP contribution in [0.1, 0.15) is 17.0 Å². The number of methoxy groups -OCH3 is 2. The number of hydrogen-bond donors (Lipinski definition) is 0. The fraction of sp³-hybridized carbons (Fsp3) is 0.304. The highest BCUT2D eigenvalue weighted by Crippen LogP contribution is 2.33. The van der Waals surface area contributed by atoms with Crippen molar-refractivity contribution in [3.05, 3.63) is 65.5 Å². The highest BCUT2D eigenvalue weighted by molar-refractivity contribution is 7.99. The van der Waals surface area contributed by atoms with Crippen molar-refractivity contribution in [3.63, 3.8) is 0 Å². The number of carbonyl (C=O) groups excluding carboxylic acids is 1. The van der Waals surface area contributed by atoms with E-state index in [1.165, 1.54) is 11.8 Å². The SMILES string of the molecule is COc1ccc(-c2nc(CSCC(=O)N(C)Cc3ccccc3)c(C)o2)cc1OC. The molecule has 2 aromatic carbocycles. The number of thioether (sulfide) groups is 1. The molecular formula is C23H26N2O4S. The second kappa shape index (κ2) is 10.2. The molecule has 7 heteroatoms. The summed E-state index contributed by atoms with van der Waals surface area (Å²) in [6.45, 7) is 2.49. The van der Waals surface area contributed by atoms with Crippen molar-refractivity contribution < 1.29 is 18.7 Å². The Hall–Kier alpha value is -2.93. The summed E-state index contributed by atoms with van der Waals surface area (Å²) < 4.78 is 16.5. The standard InChI is InChI=1S/C23H26N2O4S/c1-16-19(14-30-15-22(26)25(2)13-17-8-6-5-7-9-17)24-23(29-16)18-10-11-20(27-3)21(12-18)28-4/h5-12H,13-15H2,1-4H3. The molecule has 158 valence electrons. The first-order valence-corrected chi connectivity index (χ1v) is 10.7. The summed E-state index contributed by atoms with van der Waals surface area (Å²) in [5, 5.41) is 0. The average Bonchev–Trinajstić information content (AvgIpc) is 3.14. The molecule has 1 heterocycles. The Balaban J connectivity index is 1.58. The van der Waals surface area contributed by atoms with E-state index in [0.717, 1.165) is 22.6 Å². The van der Waals surface area contributed by atoms with Crippen LogP contribution in [-0.4, -0.2) is 42.8 Å². The maximum absolute atomic E-state index is 12.4. The minimum atomic E-state index is 0.0881. The topological polar surface area (TPSA) is 64.8 Å². The van der Waals surface area contributed by atoms with Gasteiger partial charge in [-0.05, 0) is 30.7 Å². The molecule has 0 saturated carbocycles. The van der Waals surface area contributed by atoms with Crippen LogP contribution in [-0.2, 0) is 17.1 Å². The Morgan fingerprint density at radius 2 is 1.83 bits per heavy atom. The predicted molar refractivity (Wildman–Crippen MR) is 119 cm³/mol. The fourth-order valence-corrected chi connectivity index (χ4v) is 3.90. The predicted octanol–water partition coefficient (Wildman–Crippen LogP) is 4.56. The number of aromatic nitrogens is 1. The van der Waals surface area contributed by atoms with Gasteiger partial charge in [-0.25, -0.2) is 4.98 Å². The largest absolute Gasteiger partial charge is 0.493 e. The molecule has 0 aliphatic carbocycles. The molecule has 6 nitrogen and oxygen atoms in total. The monoisotopic (exact) mass is 426 g/mol. The Morgan fingerprint density at radius 1 is 1.10 bits per heavy atom. The third-order valence-corrected chi connectivity index (χ3v) is 5.60. The second-order valence-corrected chi connectivity index (χ2v) is 7.81. The molecule has 0 spiro atoms. The first-order valence-electron chi connectivity index (χ1n) is 9.56. The van der Waals surface area contributed by atoms with Crippen molar-refractivity contribution in [3.8, 4) is 23.0 Å². The molecule has 1 aromatic heterocycles. The molecule has 1 amide bonds. The number of oxazole rings is 1. The van der Waals surface area contributed by atoms with E-state index in [0.29, 0.717) is 35.4 Å². The van der Waals surface area contributed by atoms with E-state index in [1.54, 1.807) is 19.1 Å². The highest BCUT2D eigenvalue weighted by Gasteiger charge is 2.15. The Kier molecular flexibility index (Phi) is 7.41. The third-order valence-electron chi connectivity index (χ3n) is 4.68. The number of benzene rings is 2. The van der Waals surface area contributed by atoms with Crippen LogP contribution >= 0.6 is 11.8 Å². The summed E-state index contributed by atoms with van der Waals surface area (Å²) in [6.07, 6.45) is 0. The van der Waals surface area contributed by atoms with Crippen LogP contribution in [0.4, 0.5) is 0 Å². The second-order valence-electron chi connectivity index (χ2n) is 6.82. The number of hydrogen-bond acceptors (Lipinski definition) is 6. The summed E-state index contributed by atoms with van der Waals surface area (Å²) in [5.74, 6) is 3.63. The summed E-state index contributed by atoms with van der Waals surface area (Å²) in [4.78, 5) is 18.8. The van der Waals surface area contributed by atoms with Crippen molar-refractivity contribution in [1.82, 2.24) is 9.88 Å². The average molecular weight is 427 g/mol. The Labute approximate surface area is 181 Å². The molecule has 0 saturated heterocycles. The molecule has 0 aliphatic rings. The molecule has 0 atom stereocenters. The number of carbonyl (C=O) groups is 1. The van der Waals surface area contributed by atoms with E-state index >= 15 is 0 Å². The maximum Gasteiger partial charge on any atom is 0.232 e. The normalized spacial score (nSPS) is 10.7. The molecule has 0 fully saturated rings. The Morgan fingerprint density at radius 3 is 2.53 bits per heavy atom. The molecule has 0 bridgehead atoms. The van der Waals surface area contributed by atoms with Gasteiger partial charge in [0.25, 0.3) is 0 Å². The van der Waals surface area contributed by atoms with Gasteiger partial charge < -0.3 is 18.8 Å². The van der Waals surface area contributed by atoms with Gasteiger partial charge in [0.05, 0.1) is 25.7 Å². The van der Waals surface area contributed by atoms with Gasteiger partial charge in [-0.1, -0.05) is 30.3 Å². The number of ether oxygens (including phenoxy) is 2. The van der Waals surface area contributed by atoms with Gasteiger partial charge in [-0.2, -0.15) is 0 Å². The van der Waals surface area contributed by atoms with Gasteiger partial charge in [-0.15, -0.1) is 11.8 Å². The van der Waals surface area contributed by atoms with E-state index in [-0.39, 0.29) is 5.91 Å². The van der Waals surface area contributed by atoms with Crippen LogP contribution < -0.4 is 9.47 Å². The van der Waals surface area contributed by atoms with Gasteiger partial charge in [0.1, 0.15) is 5.76 Å². The third kappa shape index (κ3) is 5.36. The molecular weight excluding hydrogens is 400 g/mol. The van der Waals surface area contributed by atoms with Gasteiger partial charge in [-0.3, -0.25) is 4.79 Å². The van der Waals surface area contributed by atoms with Crippen LogP contribution in [0.25, 0.3) is 11.5 Å². The van der Waals surface area contributed by atoms with E-state index in [1.807, 2.05) is 62.5 Å². The van der Waals surface area contributed by atoms with Gasteiger partial charge in [0.15, 0.2) is 11.5 Å². The lowest BCUT2D eigenvalue weighted by Gasteiger charge is -2.16. The summed E-state index contributed by atoms with van der Waals surface area (Å²) >= 11 is 1.53. The molecule has 0 radical (unpaired) electrons. The summed E-state index contributed by atoms with van der Waals surface area (Å²) in [7, 11) is 5.02. The lowest BCUT2D eigenvalue weighted by atomic mass is 10.2. The van der Waals surface area contributed by atoms with Crippen LogP contribution in [0.5, 0.6) is 11.5 Å². The van der Waals surface area contributed by atoms with E-state index in [2.05, 4.69) is 4.98 Å². The fourth-order valence-electron chi connectivity index (χ4n) is 2.95. The highest BCUT2D eigenvalue weighted by atomic mass is 32.2. The molecule has 0 aliphatic heterocycles. The minimum Gasteiger partial charge on any atom is -0.493 e. The first-order chi connectivity index (χ1) is 14.5. The Bertz CT molecular complexity index is 988. The molecule has 3 aromatic rings. The zero-order valence-corrected chi connectivity index (χ0v) is 18.5. The number of nitrogens with zero attached hydrogens (tertiary/aromatic N) is 2. The maximum atomic E-state index is 12.4. The van der Waals surface area contributed by atoms with Crippen molar-refractivity contribution in [1.29, 1.82) is 0 Å². The summed E-state index contributed by atoms with van der Waals surface area (Å²) in [6, 6.07) is 15.5. The number of amides is 1. The van der Waals surface area contributed by atoms with Crippen molar-refractivity contribution in [2.24, 2.45) is 0 Å². The first kappa shape index (κ1) is 21.8. The number of aryl methyl sites for hydroxylation is 1. The zero-order valence-electron chi connectivity index (χ0n) is 17.7. The number of rotatable bonds is 9. The smallest absolute Gasteiger partial charge is 0.232 e. The van der Waals surface area contributed by atoms with Crippen LogP contribution in [0, 0.1) is 6.92 Å². The van der Waals surface area contributed by atoms with E-state index in [4.69, 9.17) is 13.9 Å². The van der Waals surface area contributed by atoms with Crippen molar-refractivity contribution in [2.75, 3.05) is 27.0 Å². The molecule has 0 unspecified atom stereocenters. The van der Waals surface area contributed by atoms with E-state index < -0.39 is 0 Å².